The molecule has 8 aromatic rings. The Balaban J connectivity index is 0.924. The second-order valence-corrected chi connectivity index (χ2v) is 15.8. The Morgan fingerprint density at radius 3 is 1.87 bits per heavy atom. The number of nitrogens with zero attached hydrogens (tertiary/aromatic N) is 6. The van der Waals surface area contributed by atoms with Crippen LogP contribution in [0, 0.1) is 6.92 Å². The molecule has 12 nitrogen and oxygen atoms in total. The van der Waals surface area contributed by atoms with Crippen LogP contribution in [-0.2, 0) is 26.3 Å². The molecule has 0 saturated carbocycles. The largest absolute Gasteiger partial charge is 0.487 e. The molecular weight excluding hydrogens is 741 g/mol. The van der Waals surface area contributed by atoms with Gasteiger partial charge in [0.05, 0.1) is 50.4 Å². The van der Waals surface area contributed by atoms with E-state index in [1.807, 2.05) is 66.2 Å². The number of hydrogen-bond acceptors (Lipinski definition) is 14. The van der Waals surface area contributed by atoms with Gasteiger partial charge in [0.2, 0.25) is 11.6 Å². The zero-order valence-corrected chi connectivity index (χ0v) is 30.5. The van der Waals surface area contributed by atoms with Gasteiger partial charge in [-0.05, 0) is 59.6 Å². The molecule has 8 rings (SSSR count). The fourth-order valence-corrected chi connectivity index (χ4v) is 8.83. The Bertz CT molecular complexity index is 2580. The van der Waals surface area contributed by atoms with Gasteiger partial charge in [-0.25, -0.2) is 14.2 Å². The first-order valence-corrected chi connectivity index (χ1v) is 19.2. The van der Waals surface area contributed by atoms with Crippen LogP contribution in [0.15, 0.2) is 99.1 Å². The first kappa shape index (κ1) is 33.6. The summed E-state index contributed by atoms with van der Waals surface area (Å²) in [6.07, 6.45) is 3.57. The number of ether oxygens (including phenoxy) is 2. The quantitative estimate of drug-likeness (QED) is 0.0820. The summed E-state index contributed by atoms with van der Waals surface area (Å²) in [6.45, 7) is 2.93. The molecule has 16 heteroatoms. The van der Waals surface area contributed by atoms with Gasteiger partial charge >= 0.3 is 5.63 Å². The average molecular weight is 767 g/mol. The van der Waals surface area contributed by atoms with Crippen molar-refractivity contribution in [2.75, 3.05) is 0 Å². The maximum Gasteiger partial charge on any atom is 0.336 e. The van der Waals surface area contributed by atoms with Gasteiger partial charge in [0.25, 0.3) is 0 Å². The van der Waals surface area contributed by atoms with Crippen molar-refractivity contribution in [2.45, 2.75) is 33.2 Å². The molecule has 0 bridgehead atoms. The number of hydrogen-bond donors (Lipinski definition) is 0. The third-order valence-corrected chi connectivity index (χ3v) is 11.7. The fourth-order valence-electron chi connectivity index (χ4n) is 5.44. The van der Waals surface area contributed by atoms with Crippen molar-refractivity contribution in [3.8, 4) is 11.5 Å². The monoisotopic (exact) mass is 766 g/mol. The van der Waals surface area contributed by atoms with Gasteiger partial charge in [-0.1, -0.05) is 22.6 Å². The predicted octanol–water partition coefficient (Wildman–Crippen LogP) is 7.25. The number of carbonyl (C=O) groups excluding carboxylic acids is 2. The first-order chi connectivity index (χ1) is 25.3. The average Bonchev–Trinajstić information content (AvgIpc) is 3.98. The van der Waals surface area contributed by atoms with Gasteiger partial charge < -0.3 is 13.9 Å². The minimum atomic E-state index is -0.485. The molecule has 0 aliphatic rings. The summed E-state index contributed by atoms with van der Waals surface area (Å²) in [4.78, 5) is 42.4. The van der Waals surface area contributed by atoms with Crippen LogP contribution in [0.1, 0.15) is 55.8 Å². The molecule has 0 aliphatic carbocycles. The summed E-state index contributed by atoms with van der Waals surface area (Å²) in [5.74, 6) is 0.897. The standard InChI is InChI=1S/C36H26N6O6S4/c1-21-12-33(43)48-28-14-24(46-19-22-15-41(39-37-22)17-25-6-8-31(51-25)35(44)29-4-2-10-49-29)13-27(34(21)28)47-20-23-16-42(40-38-23)18-26-7-9-32(52-26)36(45)30-5-3-11-50-30/h2-16H,17-20H2,1H3. The van der Waals surface area contributed by atoms with Crippen molar-refractivity contribution in [3.63, 3.8) is 0 Å². The van der Waals surface area contributed by atoms with Gasteiger partial charge in [-0.3, -0.25) is 9.59 Å². The number of thiophene rings is 4. The summed E-state index contributed by atoms with van der Waals surface area (Å²) in [7, 11) is 0. The topological polar surface area (TPSA) is 144 Å². The van der Waals surface area contributed by atoms with Gasteiger partial charge in [-0.15, -0.1) is 55.5 Å². The number of benzene rings is 1. The number of fused-ring (bicyclic) bond motifs is 1. The van der Waals surface area contributed by atoms with Crippen LogP contribution in [-0.4, -0.2) is 41.6 Å². The molecule has 0 aliphatic heterocycles. The predicted molar refractivity (Wildman–Crippen MR) is 198 cm³/mol. The fraction of sp³-hybridized carbons (Fsp3) is 0.139. The van der Waals surface area contributed by atoms with E-state index in [1.165, 1.54) is 51.4 Å². The van der Waals surface area contributed by atoms with E-state index >= 15 is 0 Å². The molecule has 0 fully saturated rings. The molecule has 0 saturated heterocycles. The highest BCUT2D eigenvalue weighted by atomic mass is 32.1. The van der Waals surface area contributed by atoms with Gasteiger partial charge in [0, 0.05) is 28.0 Å². The van der Waals surface area contributed by atoms with Crippen LogP contribution in [0.25, 0.3) is 11.0 Å². The normalized spacial score (nSPS) is 11.3. The Kier molecular flexibility index (Phi) is 9.42. The molecule has 0 radical (unpaired) electrons. The van der Waals surface area contributed by atoms with Crippen LogP contribution in [0.5, 0.6) is 11.5 Å². The van der Waals surface area contributed by atoms with Crippen LogP contribution in [0.2, 0.25) is 0 Å². The van der Waals surface area contributed by atoms with E-state index in [0.29, 0.717) is 72.0 Å². The Morgan fingerprint density at radius 1 is 0.731 bits per heavy atom. The molecule has 260 valence electrons. The zero-order valence-electron chi connectivity index (χ0n) is 27.3. The summed E-state index contributed by atoms with van der Waals surface area (Å²) in [5, 5.41) is 21.4. The lowest BCUT2D eigenvalue weighted by molar-refractivity contribution is 0.103. The highest BCUT2D eigenvalue weighted by Gasteiger charge is 2.17. The SMILES string of the molecule is Cc1cc(=O)oc2cc(OCc3cn(Cc4ccc(C(=O)c5cccs5)s4)nn3)cc(OCc3cn(Cc4ccc(C(=O)c5cccs5)s4)nn3)c12. The van der Waals surface area contributed by atoms with E-state index in [-0.39, 0.29) is 24.8 Å². The minimum absolute atomic E-state index is 0.0165. The number of rotatable bonds is 14. The molecule has 7 aromatic heterocycles. The molecule has 0 N–H and O–H groups in total. The van der Waals surface area contributed by atoms with Crippen molar-refractivity contribution < 1.29 is 23.5 Å². The van der Waals surface area contributed by atoms with E-state index in [2.05, 4.69) is 20.6 Å². The van der Waals surface area contributed by atoms with Crippen LogP contribution in [0.3, 0.4) is 0 Å². The Hall–Kier alpha value is -5.55. The first-order valence-electron chi connectivity index (χ1n) is 15.8. The molecule has 0 amide bonds. The highest BCUT2D eigenvalue weighted by molar-refractivity contribution is 7.17. The third kappa shape index (κ3) is 7.41. The van der Waals surface area contributed by atoms with Crippen molar-refractivity contribution >= 4 is 67.9 Å². The Morgan fingerprint density at radius 2 is 1.31 bits per heavy atom. The van der Waals surface area contributed by atoms with E-state index in [0.717, 1.165) is 9.75 Å². The number of aromatic nitrogens is 6. The van der Waals surface area contributed by atoms with E-state index in [9.17, 15) is 14.4 Å². The summed E-state index contributed by atoms with van der Waals surface area (Å²) >= 11 is 5.71. The van der Waals surface area contributed by atoms with Crippen molar-refractivity contribution in [3.05, 3.63) is 147 Å². The van der Waals surface area contributed by atoms with Crippen molar-refractivity contribution in [2.24, 2.45) is 0 Å². The summed E-state index contributed by atoms with van der Waals surface area (Å²) in [5.41, 5.74) is 1.71. The maximum atomic E-state index is 12.7. The zero-order chi connectivity index (χ0) is 35.6. The van der Waals surface area contributed by atoms with Crippen LogP contribution >= 0.6 is 45.3 Å². The van der Waals surface area contributed by atoms with Gasteiger partial charge in [0.15, 0.2) is 0 Å². The number of aryl methyl sites for hydroxylation is 1. The number of carbonyl (C=O) groups is 2. The number of ketones is 2. The van der Waals surface area contributed by atoms with Crippen LogP contribution in [0.4, 0.5) is 0 Å². The molecule has 0 unspecified atom stereocenters. The molecule has 7 heterocycles. The second kappa shape index (κ2) is 14.6. The molecule has 0 atom stereocenters. The van der Waals surface area contributed by atoms with E-state index in [1.54, 1.807) is 33.9 Å². The smallest absolute Gasteiger partial charge is 0.336 e. The van der Waals surface area contributed by atoms with Crippen LogP contribution < -0.4 is 15.1 Å². The lowest BCUT2D eigenvalue weighted by Gasteiger charge is -2.12. The lowest BCUT2D eigenvalue weighted by Crippen LogP contribution is -2.03. The second-order valence-electron chi connectivity index (χ2n) is 11.6. The highest BCUT2D eigenvalue weighted by Crippen LogP contribution is 2.34. The Labute approximate surface area is 311 Å². The molecular formula is C36H26N6O6S4. The molecule has 1 aromatic carbocycles. The van der Waals surface area contributed by atoms with Crippen molar-refractivity contribution in [1.82, 2.24) is 30.0 Å². The van der Waals surface area contributed by atoms with Crippen molar-refractivity contribution in [1.29, 1.82) is 0 Å². The third-order valence-electron chi connectivity index (χ3n) is 7.81. The molecule has 0 spiro atoms. The van der Waals surface area contributed by atoms with Gasteiger partial charge in [0.1, 0.15) is 41.7 Å². The summed E-state index contributed by atoms with van der Waals surface area (Å²) < 4.78 is 21.2. The van der Waals surface area contributed by atoms with E-state index < -0.39 is 5.63 Å². The molecule has 52 heavy (non-hydrogen) atoms. The maximum absolute atomic E-state index is 12.7. The minimum Gasteiger partial charge on any atom is -0.487 e. The summed E-state index contributed by atoms with van der Waals surface area (Å²) in [6, 6.07) is 19.7. The van der Waals surface area contributed by atoms with E-state index in [4.69, 9.17) is 13.9 Å². The van der Waals surface area contributed by atoms with Gasteiger partial charge in [-0.2, -0.15) is 0 Å². The lowest BCUT2D eigenvalue weighted by atomic mass is 10.1.